The number of benzene rings is 2. The fourth-order valence-electron chi connectivity index (χ4n) is 4.50. The summed E-state index contributed by atoms with van der Waals surface area (Å²) in [7, 11) is 0. The second kappa shape index (κ2) is 7.71. The summed E-state index contributed by atoms with van der Waals surface area (Å²) in [5.74, 6) is 1.05. The molecule has 2 aromatic carbocycles. The summed E-state index contributed by atoms with van der Waals surface area (Å²) >= 11 is 0. The van der Waals surface area contributed by atoms with Gasteiger partial charge in [0.1, 0.15) is 11.6 Å². The van der Waals surface area contributed by atoms with Gasteiger partial charge in [-0.3, -0.25) is 4.79 Å². The quantitative estimate of drug-likeness (QED) is 0.870. The van der Waals surface area contributed by atoms with E-state index in [9.17, 15) is 9.18 Å². The van der Waals surface area contributed by atoms with Gasteiger partial charge in [-0.15, -0.1) is 0 Å². The Morgan fingerprint density at radius 3 is 2.59 bits per heavy atom. The monoisotopic (exact) mass is 367 g/mol. The molecule has 0 unspecified atom stereocenters. The van der Waals surface area contributed by atoms with Gasteiger partial charge in [0, 0.05) is 12.5 Å². The van der Waals surface area contributed by atoms with Gasteiger partial charge >= 0.3 is 0 Å². The second-order valence-corrected chi connectivity index (χ2v) is 7.85. The first-order valence-corrected chi connectivity index (χ1v) is 9.92. The number of carbonyl (C=O) groups excluding carboxylic acids is 1. The second-order valence-electron chi connectivity index (χ2n) is 7.85. The summed E-state index contributed by atoms with van der Waals surface area (Å²) in [5.41, 5.74) is 1.61. The summed E-state index contributed by atoms with van der Waals surface area (Å²) in [4.78, 5) is 13.2. The summed E-state index contributed by atoms with van der Waals surface area (Å²) < 4.78 is 19.2. The van der Waals surface area contributed by atoms with Crippen LogP contribution in [-0.2, 0) is 16.6 Å². The van der Waals surface area contributed by atoms with E-state index in [-0.39, 0.29) is 17.6 Å². The SMILES string of the molecule is O=C(NC[C@@H]1COc2ccccc2C1)C1(c2ccc(F)cc2)CCCCC1. The number of rotatable bonds is 4. The predicted molar refractivity (Wildman–Crippen MR) is 103 cm³/mol. The van der Waals surface area contributed by atoms with Gasteiger partial charge in [-0.1, -0.05) is 49.6 Å². The highest BCUT2D eigenvalue weighted by atomic mass is 19.1. The molecule has 2 aromatic rings. The van der Waals surface area contributed by atoms with Gasteiger partial charge in [-0.05, 0) is 48.6 Å². The smallest absolute Gasteiger partial charge is 0.230 e. The van der Waals surface area contributed by atoms with Crippen molar-refractivity contribution in [2.24, 2.45) is 5.92 Å². The molecule has 0 aromatic heterocycles. The standard InChI is InChI=1S/C23H26FNO2/c24-20-10-8-19(9-11-20)23(12-4-1-5-13-23)22(26)25-15-17-14-18-6-2-3-7-21(18)27-16-17/h2-3,6-11,17H,1,4-5,12-16H2,(H,25,26)/t17-/m1/s1. The van der Waals surface area contributed by atoms with Crippen molar-refractivity contribution in [2.45, 2.75) is 43.9 Å². The van der Waals surface area contributed by atoms with Crippen molar-refractivity contribution in [2.75, 3.05) is 13.2 Å². The number of hydrogen-bond acceptors (Lipinski definition) is 2. The molecule has 0 spiro atoms. The highest BCUT2D eigenvalue weighted by Crippen LogP contribution is 2.40. The van der Waals surface area contributed by atoms with Crippen LogP contribution in [0.3, 0.4) is 0 Å². The molecule has 4 heteroatoms. The molecule has 2 aliphatic rings. The van der Waals surface area contributed by atoms with Crippen molar-refractivity contribution in [3.8, 4) is 5.75 Å². The summed E-state index contributed by atoms with van der Waals surface area (Å²) in [6.45, 7) is 1.23. The Bertz CT molecular complexity index is 796. The Morgan fingerprint density at radius 2 is 1.81 bits per heavy atom. The van der Waals surface area contributed by atoms with Gasteiger partial charge < -0.3 is 10.1 Å². The highest BCUT2D eigenvalue weighted by Gasteiger charge is 2.41. The van der Waals surface area contributed by atoms with Gasteiger partial charge in [0.05, 0.1) is 12.0 Å². The molecule has 1 amide bonds. The van der Waals surface area contributed by atoms with Gasteiger partial charge in [0.25, 0.3) is 0 Å². The Labute approximate surface area is 159 Å². The highest BCUT2D eigenvalue weighted by molar-refractivity contribution is 5.88. The number of carbonyl (C=O) groups is 1. The minimum absolute atomic E-state index is 0.0765. The van der Waals surface area contributed by atoms with Crippen molar-refractivity contribution in [3.63, 3.8) is 0 Å². The molecule has 1 fully saturated rings. The maximum atomic E-state index is 13.4. The Hall–Kier alpha value is -2.36. The van der Waals surface area contributed by atoms with Gasteiger partial charge in [0.2, 0.25) is 5.91 Å². The molecule has 0 saturated heterocycles. The lowest BCUT2D eigenvalue weighted by Crippen LogP contribution is -2.48. The van der Waals surface area contributed by atoms with Crippen LogP contribution in [0.2, 0.25) is 0 Å². The molecule has 3 nitrogen and oxygen atoms in total. The zero-order valence-corrected chi connectivity index (χ0v) is 15.5. The van der Waals surface area contributed by atoms with E-state index in [2.05, 4.69) is 11.4 Å². The largest absolute Gasteiger partial charge is 0.493 e. The molecule has 27 heavy (non-hydrogen) atoms. The third-order valence-corrected chi connectivity index (χ3v) is 6.05. The summed E-state index contributed by atoms with van der Waals surface area (Å²) in [6.07, 6.45) is 5.79. The van der Waals surface area contributed by atoms with Crippen LogP contribution in [0.25, 0.3) is 0 Å². The van der Waals surface area contributed by atoms with Crippen LogP contribution in [0.5, 0.6) is 5.75 Å². The Kier molecular flexibility index (Phi) is 5.15. The van der Waals surface area contributed by atoms with Crippen molar-refractivity contribution < 1.29 is 13.9 Å². The van der Waals surface area contributed by atoms with Crippen LogP contribution in [0, 0.1) is 11.7 Å². The van der Waals surface area contributed by atoms with Gasteiger partial charge in [0.15, 0.2) is 0 Å². The third kappa shape index (κ3) is 3.71. The summed E-state index contributed by atoms with van der Waals surface area (Å²) in [6, 6.07) is 14.6. The summed E-state index contributed by atoms with van der Waals surface area (Å²) in [5, 5.41) is 3.19. The lowest BCUT2D eigenvalue weighted by molar-refractivity contribution is -0.128. The normalized spacial score (nSPS) is 21.0. The number of halogens is 1. The number of ether oxygens (including phenoxy) is 1. The fraction of sp³-hybridized carbons (Fsp3) is 0.435. The maximum Gasteiger partial charge on any atom is 0.230 e. The van der Waals surface area contributed by atoms with E-state index in [1.165, 1.54) is 17.7 Å². The molecular weight excluding hydrogens is 341 g/mol. The molecule has 1 aliphatic heterocycles. The van der Waals surface area contributed by atoms with E-state index in [4.69, 9.17) is 4.74 Å². The maximum absolute atomic E-state index is 13.4. The average Bonchev–Trinajstić information content (AvgIpc) is 2.73. The van der Waals surface area contributed by atoms with Crippen molar-refractivity contribution in [1.82, 2.24) is 5.32 Å². The molecule has 4 rings (SSSR count). The number of nitrogens with one attached hydrogen (secondary N) is 1. The molecule has 1 N–H and O–H groups in total. The third-order valence-electron chi connectivity index (χ3n) is 6.05. The molecule has 1 atom stereocenters. The molecule has 0 radical (unpaired) electrons. The van der Waals surface area contributed by atoms with Crippen molar-refractivity contribution >= 4 is 5.91 Å². The zero-order chi connectivity index (χ0) is 18.7. The number of hydrogen-bond donors (Lipinski definition) is 1. The molecule has 142 valence electrons. The first-order valence-electron chi connectivity index (χ1n) is 9.92. The van der Waals surface area contributed by atoms with Crippen molar-refractivity contribution in [1.29, 1.82) is 0 Å². The Balaban J connectivity index is 1.46. The van der Waals surface area contributed by atoms with E-state index < -0.39 is 5.41 Å². The van der Waals surface area contributed by atoms with E-state index in [0.29, 0.717) is 13.2 Å². The topological polar surface area (TPSA) is 38.3 Å². The molecule has 0 bridgehead atoms. The number of para-hydroxylation sites is 1. The van der Waals surface area contributed by atoms with E-state index in [1.807, 2.05) is 18.2 Å². The van der Waals surface area contributed by atoms with Crippen molar-refractivity contribution in [3.05, 3.63) is 65.5 Å². The van der Waals surface area contributed by atoms with E-state index in [0.717, 1.165) is 49.8 Å². The van der Waals surface area contributed by atoms with Crippen LogP contribution >= 0.6 is 0 Å². The fourth-order valence-corrected chi connectivity index (χ4v) is 4.50. The van der Waals surface area contributed by atoms with Crippen LogP contribution in [-0.4, -0.2) is 19.1 Å². The molecule has 1 aliphatic carbocycles. The molecule has 1 saturated carbocycles. The van der Waals surface area contributed by atoms with Gasteiger partial charge in [-0.2, -0.15) is 0 Å². The number of fused-ring (bicyclic) bond motifs is 1. The van der Waals surface area contributed by atoms with E-state index in [1.54, 1.807) is 12.1 Å². The first kappa shape index (κ1) is 18.0. The zero-order valence-electron chi connectivity index (χ0n) is 15.5. The minimum atomic E-state index is -0.528. The average molecular weight is 367 g/mol. The lowest BCUT2D eigenvalue weighted by Gasteiger charge is -2.37. The van der Waals surface area contributed by atoms with Crippen LogP contribution in [0.1, 0.15) is 43.2 Å². The first-order chi connectivity index (χ1) is 13.2. The van der Waals surface area contributed by atoms with Gasteiger partial charge in [-0.25, -0.2) is 4.39 Å². The van der Waals surface area contributed by atoms with Crippen LogP contribution in [0.15, 0.2) is 48.5 Å². The van der Waals surface area contributed by atoms with E-state index >= 15 is 0 Å². The molecular formula is C23H26FNO2. The lowest BCUT2D eigenvalue weighted by atomic mass is 9.68. The van der Waals surface area contributed by atoms with Crippen LogP contribution < -0.4 is 10.1 Å². The Morgan fingerprint density at radius 1 is 1.07 bits per heavy atom. The number of amides is 1. The van der Waals surface area contributed by atoms with Crippen LogP contribution in [0.4, 0.5) is 4.39 Å². The minimum Gasteiger partial charge on any atom is -0.493 e. The predicted octanol–water partition coefficient (Wildman–Crippen LogP) is 4.40. The molecule has 1 heterocycles.